The topological polar surface area (TPSA) is 15.3 Å². The van der Waals surface area contributed by atoms with Crippen LogP contribution in [0.5, 0.6) is 0 Å². The van der Waals surface area contributed by atoms with Gasteiger partial charge in [0.1, 0.15) is 5.82 Å². The number of halogens is 2. The Bertz CT molecular complexity index is 430. The van der Waals surface area contributed by atoms with E-state index in [1.54, 1.807) is 6.07 Å². The quantitative estimate of drug-likeness (QED) is 0.902. The fourth-order valence-corrected chi connectivity index (χ4v) is 4.13. The lowest BCUT2D eigenvalue weighted by Crippen LogP contribution is -2.52. The summed E-state index contributed by atoms with van der Waals surface area (Å²) < 4.78 is 14.7. The standard InChI is InChI=1S/C14H20BrFN2S/c1-17-13(14-9-19-6-5-18(14)2)7-10-3-4-11(15)8-12(10)16/h3-4,8,13-14,17H,5-7,9H2,1-2H3. The molecule has 19 heavy (non-hydrogen) atoms. The summed E-state index contributed by atoms with van der Waals surface area (Å²) in [6.45, 7) is 1.11. The third-order valence-corrected chi connectivity index (χ3v) is 5.28. The molecule has 0 radical (unpaired) electrons. The van der Waals surface area contributed by atoms with Crippen LogP contribution >= 0.6 is 27.7 Å². The van der Waals surface area contributed by atoms with E-state index in [1.807, 2.05) is 30.9 Å². The van der Waals surface area contributed by atoms with Crippen molar-refractivity contribution in [2.45, 2.75) is 18.5 Å². The van der Waals surface area contributed by atoms with Crippen molar-refractivity contribution in [3.05, 3.63) is 34.1 Å². The molecule has 106 valence electrons. The molecule has 2 unspecified atom stereocenters. The number of rotatable bonds is 4. The summed E-state index contributed by atoms with van der Waals surface area (Å²) in [6.07, 6.45) is 0.727. The molecule has 1 heterocycles. The molecule has 2 atom stereocenters. The normalized spacial score (nSPS) is 22.4. The van der Waals surface area contributed by atoms with Crippen LogP contribution in [0.15, 0.2) is 22.7 Å². The zero-order valence-corrected chi connectivity index (χ0v) is 13.7. The Kier molecular flexibility index (Phi) is 5.69. The van der Waals surface area contributed by atoms with Crippen LogP contribution in [0.25, 0.3) is 0 Å². The summed E-state index contributed by atoms with van der Waals surface area (Å²) in [6, 6.07) is 6.08. The van der Waals surface area contributed by atoms with E-state index in [0.29, 0.717) is 6.04 Å². The molecule has 1 aromatic rings. The molecule has 0 aromatic heterocycles. The molecule has 1 aliphatic rings. The average Bonchev–Trinajstić information content (AvgIpc) is 2.39. The molecule has 1 saturated heterocycles. The molecule has 0 spiro atoms. The van der Waals surface area contributed by atoms with Gasteiger partial charge in [-0.2, -0.15) is 11.8 Å². The van der Waals surface area contributed by atoms with Crippen molar-refractivity contribution < 1.29 is 4.39 Å². The van der Waals surface area contributed by atoms with Crippen LogP contribution in [0.1, 0.15) is 5.56 Å². The highest BCUT2D eigenvalue weighted by Crippen LogP contribution is 2.22. The first-order valence-electron chi connectivity index (χ1n) is 6.51. The minimum atomic E-state index is -0.124. The van der Waals surface area contributed by atoms with Gasteiger partial charge in [-0.05, 0) is 38.2 Å². The molecule has 0 aliphatic carbocycles. The molecule has 1 aromatic carbocycles. The van der Waals surface area contributed by atoms with Crippen LogP contribution in [0.2, 0.25) is 0 Å². The van der Waals surface area contributed by atoms with Crippen molar-refractivity contribution in [3.8, 4) is 0 Å². The predicted molar refractivity (Wildman–Crippen MR) is 84.4 cm³/mol. The Morgan fingerprint density at radius 2 is 2.37 bits per heavy atom. The van der Waals surface area contributed by atoms with Crippen LogP contribution in [0.3, 0.4) is 0 Å². The van der Waals surface area contributed by atoms with Gasteiger partial charge in [-0.25, -0.2) is 4.39 Å². The van der Waals surface area contributed by atoms with Gasteiger partial charge in [0.25, 0.3) is 0 Å². The highest BCUT2D eigenvalue weighted by molar-refractivity contribution is 9.10. The molecular weight excluding hydrogens is 327 g/mol. The third kappa shape index (κ3) is 3.94. The number of hydrogen-bond acceptors (Lipinski definition) is 3. The van der Waals surface area contributed by atoms with E-state index in [-0.39, 0.29) is 11.9 Å². The Hall–Kier alpha value is -0.100. The van der Waals surface area contributed by atoms with Gasteiger partial charge in [0.2, 0.25) is 0 Å². The van der Waals surface area contributed by atoms with Gasteiger partial charge in [-0.1, -0.05) is 22.0 Å². The summed E-state index contributed by atoms with van der Waals surface area (Å²) in [4.78, 5) is 2.38. The van der Waals surface area contributed by atoms with Crippen LogP contribution in [-0.4, -0.2) is 49.1 Å². The minimum absolute atomic E-state index is 0.124. The predicted octanol–water partition coefficient (Wildman–Crippen LogP) is 2.77. The lowest BCUT2D eigenvalue weighted by Gasteiger charge is -2.37. The molecule has 0 amide bonds. The van der Waals surface area contributed by atoms with Crippen molar-refractivity contribution in [2.24, 2.45) is 0 Å². The second-order valence-corrected chi connectivity index (χ2v) is 7.02. The van der Waals surface area contributed by atoms with Gasteiger partial charge in [0.15, 0.2) is 0 Å². The van der Waals surface area contributed by atoms with Crippen molar-refractivity contribution in [3.63, 3.8) is 0 Å². The SMILES string of the molecule is CNC(Cc1ccc(Br)cc1F)C1CSCCN1C. The van der Waals surface area contributed by atoms with Gasteiger partial charge in [-0.3, -0.25) is 0 Å². The van der Waals surface area contributed by atoms with Crippen LogP contribution < -0.4 is 5.32 Å². The number of thioether (sulfide) groups is 1. The van der Waals surface area contributed by atoms with Crippen LogP contribution in [-0.2, 0) is 6.42 Å². The molecule has 1 aliphatic heterocycles. The van der Waals surface area contributed by atoms with E-state index < -0.39 is 0 Å². The van der Waals surface area contributed by atoms with Crippen LogP contribution in [0, 0.1) is 5.82 Å². The van der Waals surface area contributed by atoms with E-state index in [0.717, 1.165) is 28.8 Å². The maximum Gasteiger partial charge on any atom is 0.127 e. The Labute approximate surface area is 127 Å². The number of nitrogens with one attached hydrogen (secondary N) is 1. The zero-order chi connectivity index (χ0) is 13.8. The molecule has 5 heteroatoms. The third-order valence-electron chi connectivity index (χ3n) is 3.73. The van der Waals surface area contributed by atoms with E-state index in [2.05, 4.69) is 33.2 Å². The summed E-state index contributed by atoms with van der Waals surface area (Å²) >= 11 is 5.28. The molecule has 0 bridgehead atoms. The first-order valence-corrected chi connectivity index (χ1v) is 8.45. The van der Waals surface area contributed by atoms with E-state index in [9.17, 15) is 4.39 Å². The first-order chi connectivity index (χ1) is 9.11. The smallest absolute Gasteiger partial charge is 0.127 e. The second kappa shape index (κ2) is 7.07. The molecule has 1 fully saturated rings. The highest BCUT2D eigenvalue weighted by atomic mass is 79.9. The summed E-state index contributed by atoms with van der Waals surface area (Å²) in [7, 11) is 4.13. The lowest BCUT2D eigenvalue weighted by molar-refractivity contribution is 0.218. The number of benzene rings is 1. The number of hydrogen-bond donors (Lipinski definition) is 1. The lowest BCUT2D eigenvalue weighted by atomic mass is 9.99. The molecule has 2 rings (SSSR count). The number of nitrogens with zero attached hydrogens (tertiary/aromatic N) is 1. The Morgan fingerprint density at radius 1 is 1.58 bits per heavy atom. The molecule has 1 N–H and O–H groups in total. The number of likely N-dealkylation sites (N-methyl/N-ethyl adjacent to an activating group) is 2. The van der Waals surface area contributed by atoms with Crippen molar-refractivity contribution in [2.75, 3.05) is 32.1 Å². The largest absolute Gasteiger partial charge is 0.315 e. The van der Waals surface area contributed by atoms with Crippen LogP contribution in [0.4, 0.5) is 4.39 Å². The van der Waals surface area contributed by atoms with Crippen molar-refractivity contribution in [1.82, 2.24) is 10.2 Å². The molecule has 2 nitrogen and oxygen atoms in total. The fourth-order valence-electron chi connectivity index (χ4n) is 2.48. The Balaban J connectivity index is 2.09. The highest BCUT2D eigenvalue weighted by Gasteiger charge is 2.27. The average molecular weight is 347 g/mol. The van der Waals surface area contributed by atoms with E-state index in [1.165, 1.54) is 5.75 Å². The molecule has 0 saturated carbocycles. The van der Waals surface area contributed by atoms with E-state index in [4.69, 9.17) is 0 Å². The van der Waals surface area contributed by atoms with Crippen molar-refractivity contribution >= 4 is 27.7 Å². The van der Waals surface area contributed by atoms with Gasteiger partial charge in [-0.15, -0.1) is 0 Å². The van der Waals surface area contributed by atoms with Gasteiger partial charge < -0.3 is 10.2 Å². The maximum atomic E-state index is 13.9. The maximum absolute atomic E-state index is 13.9. The minimum Gasteiger partial charge on any atom is -0.315 e. The van der Waals surface area contributed by atoms with Crippen molar-refractivity contribution in [1.29, 1.82) is 0 Å². The zero-order valence-electron chi connectivity index (χ0n) is 11.3. The van der Waals surface area contributed by atoms with Gasteiger partial charge in [0.05, 0.1) is 0 Å². The van der Waals surface area contributed by atoms with E-state index >= 15 is 0 Å². The fraction of sp³-hybridized carbons (Fsp3) is 0.571. The second-order valence-electron chi connectivity index (χ2n) is 4.96. The summed E-state index contributed by atoms with van der Waals surface area (Å²) in [5, 5.41) is 3.36. The van der Waals surface area contributed by atoms with Gasteiger partial charge in [0, 0.05) is 34.6 Å². The summed E-state index contributed by atoms with van der Waals surface area (Å²) in [5.41, 5.74) is 0.784. The molecular formula is C14H20BrFN2S. The monoisotopic (exact) mass is 346 g/mol. The first kappa shape index (κ1) is 15.3. The summed E-state index contributed by atoms with van der Waals surface area (Å²) in [5.74, 6) is 2.18. The van der Waals surface area contributed by atoms with Gasteiger partial charge >= 0.3 is 0 Å². The Morgan fingerprint density at radius 3 is 3.00 bits per heavy atom.